The largest absolute Gasteiger partial charge is 0.345 e. The van der Waals surface area contributed by atoms with E-state index in [-0.39, 0.29) is 0 Å². The predicted octanol–water partition coefficient (Wildman–Crippen LogP) is 5.96. The van der Waals surface area contributed by atoms with E-state index in [9.17, 15) is 0 Å². The van der Waals surface area contributed by atoms with Gasteiger partial charge >= 0.3 is 0 Å². The van der Waals surface area contributed by atoms with Crippen molar-refractivity contribution in [2.45, 2.75) is 34.6 Å². The Balaban J connectivity index is 0.000000261. The Kier molecular flexibility index (Phi) is 6.84. The Morgan fingerprint density at radius 2 is 1.64 bits per heavy atom. The number of H-pyrrole nitrogens is 1. The summed E-state index contributed by atoms with van der Waals surface area (Å²) in [6, 6.07) is 8.27. The second-order valence-corrected chi connectivity index (χ2v) is 6.20. The van der Waals surface area contributed by atoms with Gasteiger partial charge in [0.25, 0.3) is 0 Å². The van der Waals surface area contributed by atoms with Crippen molar-refractivity contribution >= 4 is 5.57 Å². The van der Waals surface area contributed by atoms with Gasteiger partial charge in [-0.05, 0) is 36.8 Å². The molecule has 1 aromatic carbocycles. The lowest BCUT2D eigenvalue weighted by Gasteiger charge is -2.13. The van der Waals surface area contributed by atoms with Crippen molar-refractivity contribution in [3.8, 4) is 11.3 Å². The van der Waals surface area contributed by atoms with Crippen molar-refractivity contribution in [1.82, 2.24) is 9.97 Å². The Morgan fingerprint density at radius 3 is 1.95 bits per heavy atom. The number of hydrogen-bond acceptors (Lipinski definition) is 1. The zero-order chi connectivity index (χ0) is 16.7. The number of rotatable bonds is 4. The molecule has 22 heavy (non-hydrogen) atoms. The molecule has 2 rings (SSSR count). The summed E-state index contributed by atoms with van der Waals surface area (Å²) in [6.45, 7) is 18.5. The summed E-state index contributed by atoms with van der Waals surface area (Å²) in [7, 11) is 0. The van der Waals surface area contributed by atoms with Crippen LogP contribution in [0.2, 0.25) is 0 Å². The molecule has 1 atom stereocenters. The molecule has 0 aliphatic heterocycles. The monoisotopic (exact) mass is 296 g/mol. The summed E-state index contributed by atoms with van der Waals surface area (Å²) >= 11 is 0. The third kappa shape index (κ3) is 5.36. The van der Waals surface area contributed by atoms with Gasteiger partial charge in [0.15, 0.2) is 0 Å². The second kappa shape index (κ2) is 8.38. The predicted molar refractivity (Wildman–Crippen MR) is 97.5 cm³/mol. The molecular formula is C20H28N2. The molecule has 0 radical (unpaired) electrons. The molecule has 0 bridgehead atoms. The van der Waals surface area contributed by atoms with Gasteiger partial charge in [0, 0.05) is 0 Å². The number of hydrogen-bond donors (Lipinski definition) is 1. The number of aromatic amines is 1. The van der Waals surface area contributed by atoms with Crippen LogP contribution in [0.4, 0.5) is 0 Å². The maximum absolute atomic E-state index is 3.98. The van der Waals surface area contributed by atoms with Crippen LogP contribution >= 0.6 is 0 Å². The van der Waals surface area contributed by atoms with E-state index in [2.05, 4.69) is 75.1 Å². The van der Waals surface area contributed by atoms with Crippen LogP contribution in [-0.4, -0.2) is 9.97 Å². The lowest BCUT2D eigenvalue weighted by molar-refractivity contribution is 0.481. The van der Waals surface area contributed by atoms with Crippen molar-refractivity contribution in [1.29, 1.82) is 0 Å². The summed E-state index contributed by atoms with van der Waals surface area (Å²) in [4.78, 5) is 7.05. The third-order valence-corrected chi connectivity index (χ3v) is 3.96. The van der Waals surface area contributed by atoms with Crippen molar-refractivity contribution in [2.75, 3.05) is 0 Å². The topological polar surface area (TPSA) is 28.7 Å². The van der Waals surface area contributed by atoms with E-state index in [1.807, 2.05) is 13.1 Å². The summed E-state index contributed by atoms with van der Waals surface area (Å²) in [5, 5.41) is 0. The Labute approximate surface area is 135 Å². The van der Waals surface area contributed by atoms with Crippen molar-refractivity contribution in [3.05, 3.63) is 61.1 Å². The molecule has 0 saturated carbocycles. The van der Waals surface area contributed by atoms with E-state index in [4.69, 9.17) is 0 Å². The molecule has 2 aromatic rings. The number of allylic oxidation sites excluding steroid dienone is 2. The van der Waals surface area contributed by atoms with Crippen LogP contribution in [0.5, 0.6) is 0 Å². The van der Waals surface area contributed by atoms with Gasteiger partial charge in [0.2, 0.25) is 0 Å². The van der Waals surface area contributed by atoms with Crippen LogP contribution in [0.25, 0.3) is 16.8 Å². The fraction of sp³-hybridized carbons (Fsp3) is 0.350. The zero-order valence-electron chi connectivity index (χ0n) is 14.5. The molecule has 2 heteroatoms. The lowest BCUT2D eigenvalue weighted by atomic mass is 9.92. The summed E-state index contributed by atoms with van der Waals surface area (Å²) in [5.74, 6) is 1.42. The second-order valence-electron chi connectivity index (χ2n) is 6.20. The van der Waals surface area contributed by atoms with E-state index in [1.165, 1.54) is 11.1 Å². The van der Waals surface area contributed by atoms with E-state index < -0.39 is 0 Å². The maximum atomic E-state index is 3.98. The highest BCUT2D eigenvalue weighted by molar-refractivity contribution is 5.66. The van der Waals surface area contributed by atoms with Gasteiger partial charge in [-0.2, -0.15) is 0 Å². The first kappa shape index (κ1) is 18.0. The molecule has 1 unspecified atom stereocenters. The van der Waals surface area contributed by atoms with Crippen LogP contribution in [0, 0.1) is 11.8 Å². The smallest absolute Gasteiger partial charge is 0.0924 e. The molecule has 0 spiro atoms. The zero-order valence-corrected chi connectivity index (χ0v) is 14.5. The normalized spacial score (nSPS) is 11.5. The van der Waals surface area contributed by atoms with E-state index in [0.29, 0.717) is 5.92 Å². The molecule has 118 valence electrons. The van der Waals surface area contributed by atoms with Crippen LogP contribution in [0.3, 0.4) is 0 Å². The first-order valence-electron chi connectivity index (χ1n) is 7.73. The van der Waals surface area contributed by atoms with E-state index >= 15 is 0 Å². The minimum atomic E-state index is 0.676. The van der Waals surface area contributed by atoms with Gasteiger partial charge in [0.1, 0.15) is 0 Å². The van der Waals surface area contributed by atoms with Crippen LogP contribution < -0.4 is 0 Å². The fourth-order valence-electron chi connectivity index (χ4n) is 1.92. The standard InChI is InChI=1S/C12H12N2.C8H16/c1-9(2)10-3-5-11(6-4-10)12-7-13-8-14-12;1-6(2)8(5)7(3)4/h3-8H,1H2,2H3,(H,13,14);7-8H,1H2,2-5H3. The quantitative estimate of drug-likeness (QED) is 0.692. The van der Waals surface area contributed by atoms with Gasteiger partial charge in [-0.15, -0.1) is 0 Å². The van der Waals surface area contributed by atoms with Gasteiger partial charge in [0.05, 0.1) is 18.2 Å². The molecule has 2 nitrogen and oxygen atoms in total. The van der Waals surface area contributed by atoms with Gasteiger partial charge < -0.3 is 4.98 Å². The highest BCUT2D eigenvalue weighted by Gasteiger charge is 2.05. The average molecular weight is 296 g/mol. The minimum Gasteiger partial charge on any atom is -0.345 e. The Hall–Kier alpha value is -2.09. The highest BCUT2D eigenvalue weighted by Crippen LogP contribution is 2.19. The molecule has 0 aliphatic carbocycles. The van der Waals surface area contributed by atoms with E-state index in [1.54, 1.807) is 6.33 Å². The molecule has 1 N–H and O–H groups in total. The number of nitrogens with zero attached hydrogens (tertiary/aromatic N) is 1. The lowest BCUT2D eigenvalue weighted by Crippen LogP contribution is -2.03. The summed E-state index contributed by atoms with van der Waals surface area (Å²) in [6.07, 6.45) is 3.50. The molecule has 0 aliphatic rings. The molecule has 1 aromatic heterocycles. The summed E-state index contributed by atoms with van der Waals surface area (Å²) in [5.41, 5.74) is 5.74. The molecular weight excluding hydrogens is 268 g/mol. The van der Waals surface area contributed by atoms with Crippen LogP contribution in [0.1, 0.15) is 40.2 Å². The Bertz CT molecular complexity index is 589. The third-order valence-electron chi connectivity index (χ3n) is 3.96. The Morgan fingerprint density at radius 1 is 1.05 bits per heavy atom. The molecule has 1 heterocycles. The highest BCUT2D eigenvalue weighted by atomic mass is 14.9. The van der Waals surface area contributed by atoms with Crippen LogP contribution in [0.15, 0.2) is 55.5 Å². The first-order valence-corrected chi connectivity index (χ1v) is 7.73. The SMILES string of the molecule is C=C(C)C(C)C(C)C.C=C(C)c1ccc(-c2cnc[nH]2)cc1. The van der Waals surface area contributed by atoms with Gasteiger partial charge in [-0.25, -0.2) is 4.98 Å². The van der Waals surface area contributed by atoms with Gasteiger partial charge in [-0.3, -0.25) is 0 Å². The molecule has 0 fully saturated rings. The summed E-state index contributed by atoms with van der Waals surface area (Å²) < 4.78 is 0. The fourth-order valence-corrected chi connectivity index (χ4v) is 1.92. The average Bonchev–Trinajstić information content (AvgIpc) is 3.01. The molecule has 0 saturated heterocycles. The van der Waals surface area contributed by atoms with E-state index in [0.717, 1.165) is 22.7 Å². The number of aromatic nitrogens is 2. The first-order chi connectivity index (χ1) is 10.3. The van der Waals surface area contributed by atoms with Crippen LogP contribution in [-0.2, 0) is 0 Å². The van der Waals surface area contributed by atoms with Crippen molar-refractivity contribution in [2.24, 2.45) is 11.8 Å². The minimum absolute atomic E-state index is 0.676. The van der Waals surface area contributed by atoms with Crippen molar-refractivity contribution in [3.63, 3.8) is 0 Å². The molecule has 0 amide bonds. The van der Waals surface area contributed by atoms with Gasteiger partial charge in [-0.1, -0.05) is 69.3 Å². The number of nitrogens with one attached hydrogen (secondary N) is 1. The van der Waals surface area contributed by atoms with Crippen molar-refractivity contribution < 1.29 is 0 Å². The maximum Gasteiger partial charge on any atom is 0.0924 e. The number of imidazole rings is 1. The number of benzene rings is 1.